The molecule has 1 heteroatoms. The molecule has 0 fully saturated rings. The molecule has 1 N–H and O–H groups in total. The van der Waals surface area contributed by atoms with E-state index in [4.69, 9.17) is 0 Å². The van der Waals surface area contributed by atoms with Crippen LogP contribution in [0.5, 0.6) is 0 Å². The maximum atomic E-state index is 3.91. The lowest BCUT2D eigenvalue weighted by Crippen LogP contribution is -2.34. The van der Waals surface area contributed by atoms with Crippen LogP contribution in [-0.2, 0) is 0 Å². The predicted octanol–water partition coefficient (Wildman–Crippen LogP) is 6.11. The van der Waals surface area contributed by atoms with E-state index in [0.29, 0.717) is 12.1 Å². The zero-order valence-electron chi connectivity index (χ0n) is 14.6. The van der Waals surface area contributed by atoms with Crippen molar-refractivity contribution in [1.82, 2.24) is 5.32 Å². The Hall–Kier alpha value is -0.820. The number of benzene rings is 1. The number of hydrogen-bond donors (Lipinski definition) is 1. The molecule has 1 rings (SSSR count). The molecule has 0 aliphatic heterocycles. The van der Waals surface area contributed by atoms with E-state index in [9.17, 15) is 0 Å². The van der Waals surface area contributed by atoms with Gasteiger partial charge in [0, 0.05) is 12.1 Å². The van der Waals surface area contributed by atoms with Gasteiger partial charge in [0.2, 0.25) is 0 Å². The molecule has 0 aromatic heterocycles. The van der Waals surface area contributed by atoms with Crippen molar-refractivity contribution in [2.75, 3.05) is 0 Å². The number of unbranched alkanes of at least 4 members (excludes halogenated alkanes) is 3. The average Bonchev–Trinajstić information content (AvgIpc) is 2.52. The molecule has 0 saturated carbocycles. The molecule has 1 nitrogen and oxygen atoms in total. The van der Waals surface area contributed by atoms with E-state index in [2.05, 4.69) is 63.3 Å². The molecular weight excluding hydrogens is 254 g/mol. The highest BCUT2D eigenvalue weighted by molar-refractivity contribution is 5.19. The number of nitrogens with one attached hydrogen (secondary N) is 1. The van der Waals surface area contributed by atoms with Crippen LogP contribution in [0.2, 0.25) is 0 Å². The smallest absolute Gasteiger partial charge is 0.0350 e. The van der Waals surface area contributed by atoms with Crippen LogP contribution in [0.25, 0.3) is 0 Å². The van der Waals surface area contributed by atoms with E-state index < -0.39 is 0 Å². The summed E-state index contributed by atoms with van der Waals surface area (Å²) in [5.41, 5.74) is 1.45. The Morgan fingerprint density at radius 2 is 1.57 bits per heavy atom. The topological polar surface area (TPSA) is 12.0 Å². The summed E-state index contributed by atoms with van der Waals surface area (Å²) in [5.74, 6) is 0.727. The molecule has 0 aliphatic carbocycles. The van der Waals surface area contributed by atoms with Gasteiger partial charge in [-0.3, -0.25) is 0 Å². The first-order valence-corrected chi connectivity index (χ1v) is 9.03. The van der Waals surface area contributed by atoms with Crippen LogP contribution in [0.4, 0.5) is 0 Å². The van der Waals surface area contributed by atoms with Crippen LogP contribution in [0, 0.1) is 5.92 Å². The Morgan fingerprint density at radius 1 is 0.905 bits per heavy atom. The van der Waals surface area contributed by atoms with E-state index >= 15 is 0 Å². The fourth-order valence-corrected chi connectivity index (χ4v) is 3.19. The second-order valence-corrected chi connectivity index (χ2v) is 6.38. The third-order valence-corrected chi connectivity index (χ3v) is 4.63. The van der Waals surface area contributed by atoms with Gasteiger partial charge in [0.1, 0.15) is 0 Å². The van der Waals surface area contributed by atoms with E-state index in [0.717, 1.165) is 5.92 Å². The molecule has 0 heterocycles. The molecule has 0 radical (unpaired) electrons. The second kappa shape index (κ2) is 10.8. The third-order valence-electron chi connectivity index (χ3n) is 4.63. The van der Waals surface area contributed by atoms with Crippen LogP contribution in [-0.4, -0.2) is 6.04 Å². The van der Waals surface area contributed by atoms with Crippen molar-refractivity contribution < 1.29 is 0 Å². The summed E-state index contributed by atoms with van der Waals surface area (Å²) in [5, 5.41) is 3.91. The van der Waals surface area contributed by atoms with E-state index in [1.807, 2.05) is 0 Å². The Bertz CT molecular complexity index is 342. The van der Waals surface area contributed by atoms with Crippen molar-refractivity contribution in [2.24, 2.45) is 5.92 Å². The van der Waals surface area contributed by atoms with Gasteiger partial charge in [-0.15, -0.1) is 0 Å². The highest BCUT2D eigenvalue weighted by Crippen LogP contribution is 2.28. The highest BCUT2D eigenvalue weighted by Gasteiger charge is 2.21. The molecule has 0 bridgehead atoms. The minimum absolute atomic E-state index is 0.502. The lowest BCUT2D eigenvalue weighted by molar-refractivity contribution is 0.305. The van der Waals surface area contributed by atoms with Gasteiger partial charge in [0.05, 0.1) is 0 Å². The van der Waals surface area contributed by atoms with Crippen LogP contribution in [0.15, 0.2) is 30.3 Å². The minimum atomic E-state index is 0.502. The maximum absolute atomic E-state index is 3.91. The van der Waals surface area contributed by atoms with E-state index in [-0.39, 0.29) is 0 Å². The Morgan fingerprint density at radius 3 is 2.14 bits per heavy atom. The molecule has 0 amide bonds. The summed E-state index contributed by atoms with van der Waals surface area (Å²) in [6.45, 7) is 9.26. The van der Waals surface area contributed by atoms with Crippen molar-refractivity contribution in [3.63, 3.8) is 0 Å². The van der Waals surface area contributed by atoms with E-state index in [1.165, 1.54) is 50.5 Å². The first-order valence-electron chi connectivity index (χ1n) is 9.03. The normalized spacial score (nSPS) is 14.3. The summed E-state index contributed by atoms with van der Waals surface area (Å²) < 4.78 is 0. The largest absolute Gasteiger partial charge is 0.307 e. The van der Waals surface area contributed by atoms with Crippen LogP contribution in [0.1, 0.15) is 84.2 Å². The highest BCUT2D eigenvalue weighted by atomic mass is 14.9. The fourth-order valence-electron chi connectivity index (χ4n) is 3.19. The van der Waals surface area contributed by atoms with Crippen molar-refractivity contribution in [1.29, 1.82) is 0 Å². The second-order valence-electron chi connectivity index (χ2n) is 6.38. The van der Waals surface area contributed by atoms with Gasteiger partial charge in [-0.1, -0.05) is 89.6 Å². The van der Waals surface area contributed by atoms with Gasteiger partial charge in [-0.05, 0) is 24.8 Å². The molecule has 1 aromatic rings. The van der Waals surface area contributed by atoms with Crippen molar-refractivity contribution in [2.45, 2.75) is 84.7 Å². The van der Waals surface area contributed by atoms with Gasteiger partial charge >= 0.3 is 0 Å². The summed E-state index contributed by atoms with van der Waals surface area (Å²) in [4.78, 5) is 0. The summed E-state index contributed by atoms with van der Waals surface area (Å²) in [6.07, 6.45) is 9.21. The van der Waals surface area contributed by atoms with Gasteiger partial charge in [-0.25, -0.2) is 0 Å². The van der Waals surface area contributed by atoms with Crippen molar-refractivity contribution in [3.8, 4) is 0 Å². The monoisotopic (exact) mass is 289 g/mol. The van der Waals surface area contributed by atoms with Gasteiger partial charge in [-0.2, -0.15) is 0 Å². The molecule has 0 aliphatic rings. The van der Waals surface area contributed by atoms with Crippen LogP contribution >= 0.6 is 0 Å². The average molecular weight is 290 g/mol. The number of rotatable bonds is 11. The Kier molecular flexibility index (Phi) is 9.41. The maximum Gasteiger partial charge on any atom is 0.0350 e. The molecule has 2 unspecified atom stereocenters. The van der Waals surface area contributed by atoms with E-state index in [1.54, 1.807) is 0 Å². The van der Waals surface area contributed by atoms with Crippen LogP contribution in [0.3, 0.4) is 0 Å². The molecule has 21 heavy (non-hydrogen) atoms. The molecule has 120 valence electrons. The van der Waals surface area contributed by atoms with Gasteiger partial charge in [0.15, 0.2) is 0 Å². The molecular formula is C20H35N. The lowest BCUT2D eigenvalue weighted by atomic mass is 9.88. The Balaban J connectivity index is 2.61. The first kappa shape index (κ1) is 18.2. The van der Waals surface area contributed by atoms with Crippen LogP contribution < -0.4 is 5.32 Å². The quantitative estimate of drug-likeness (QED) is 0.484. The standard InChI is InChI=1S/C20H35N/c1-5-8-9-11-14-17(4)21-20(18(6-2)7-3)19-15-12-10-13-16-19/h10,12-13,15-18,20-21H,5-9,11,14H2,1-4H3. The third kappa shape index (κ3) is 6.65. The first-order chi connectivity index (χ1) is 10.2. The zero-order valence-corrected chi connectivity index (χ0v) is 14.6. The molecule has 2 atom stereocenters. The zero-order chi connectivity index (χ0) is 15.5. The molecule has 1 aromatic carbocycles. The SMILES string of the molecule is CCCCCCC(C)NC(c1ccccc1)C(CC)CC. The molecule has 0 saturated heterocycles. The lowest BCUT2D eigenvalue weighted by Gasteiger charge is -2.30. The summed E-state index contributed by atoms with van der Waals surface area (Å²) in [7, 11) is 0. The van der Waals surface area contributed by atoms with Crippen molar-refractivity contribution >= 4 is 0 Å². The van der Waals surface area contributed by atoms with Crippen molar-refractivity contribution in [3.05, 3.63) is 35.9 Å². The minimum Gasteiger partial charge on any atom is -0.307 e. The predicted molar refractivity (Wildman–Crippen MR) is 94.6 cm³/mol. The summed E-state index contributed by atoms with van der Waals surface area (Å²) >= 11 is 0. The van der Waals surface area contributed by atoms with Gasteiger partial charge < -0.3 is 5.32 Å². The summed E-state index contributed by atoms with van der Waals surface area (Å²) in [6, 6.07) is 12.1. The Labute approximate surface area is 132 Å². The number of hydrogen-bond acceptors (Lipinski definition) is 1. The molecule has 0 spiro atoms. The fraction of sp³-hybridized carbons (Fsp3) is 0.700. The van der Waals surface area contributed by atoms with Gasteiger partial charge in [0.25, 0.3) is 0 Å².